The highest BCUT2D eigenvalue weighted by Crippen LogP contribution is 2.12. The number of sulfone groups is 1. The van der Waals surface area contributed by atoms with Crippen LogP contribution in [0, 0.1) is 0 Å². The lowest BCUT2D eigenvalue weighted by Gasteiger charge is -2.13. The van der Waals surface area contributed by atoms with E-state index < -0.39 is 15.9 Å². The third-order valence-electron chi connectivity index (χ3n) is 2.68. The van der Waals surface area contributed by atoms with Crippen LogP contribution in [0.3, 0.4) is 0 Å². The van der Waals surface area contributed by atoms with Crippen LogP contribution in [0.15, 0.2) is 22.8 Å². The van der Waals surface area contributed by atoms with E-state index in [1.165, 1.54) is 0 Å². The van der Waals surface area contributed by atoms with E-state index in [4.69, 9.17) is 4.42 Å². The fourth-order valence-corrected chi connectivity index (χ4v) is 3.64. The van der Waals surface area contributed by atoms with E-state index >= 15 is 0 Å². The van der Waals surface area contributed by atoms with Gasteiger partial charge in [0.1, 0.15) is 5.76 Å². The largest absolute Gasteiger partial charge is 0.469 e. The first-order valence-electron chi connectivity index (χ1n) is 5.21. The van der Waals surface area contributed by atoms with E-state index in [1.807, 2.05) is 12.1 Å². The van der Waals surface area contributed by atoms with Crippen molar-refractivity contribution < 1.29 is 17.9 Å². The molecular formula is C10H15NO4S. The van der Waals surface area contributed by atoms with Crippen LogP contribution in [0.25, 0.3) is 0 Å². The van der Waals surface area contributed by atoms with Crippen LogP contribution < -0.4 is 5.32 Å². The van der Waals surface area contributed by atoms with E-state index in [0.29, 0.717) is 13.0 Å². The Kier molecular flexibility index (Phi) is 3.32. The molecule has 0 aliphatic carbocycles. The molecule has 2 atom stereocenters. The van der Waals surface area contributed by atoms with Crippen LogP contribution in [0.1, 0.15) is 5.76 Å². The summed E-state index contributed by atoms with van der Waals surface area (Å²) < 4.78 is 27.6. The highest BCUT2D eigenvalue weighted by atomic mass is 32.2. The smallest absolute Gasteiger partial charge is 0.154 e. The van der Waals surface area contributed by atoms with Crippen LogP contribution in [-0.2, 0) is 16.3 Å². The molecular weight excluding hydrogens is 230 g/mol. The number of hydrogen-bond donors (Lipinski definition) is 2. The summed E-state index contributed by atoms with van der Waals surface area (Å²) >= 11 is 0. The van der Waals surface area contributed by atoms with Gasteiger partial charge in [-0.15, -0.1) is 0 Å². The zero-order chi connectivity index (χ0) is 11.6. The summed E-state index contributed by atoms with van der Waals surface area (Å²) in [7, 11) is -3.06. The highest BCUT2D eigenvalue weighted by Gasteiger charge is 2.35. The molecule has 5 nitrogen and oxygen atoms in total. The van der Waals surface area contributed by atoms with Crippen molar-refractivity contribution in [2.24, 2.45) is 0 Å². The molecule has 1 aliphatic rings. The van der Waals surface area contributed by atoms with Gasteiger partial charge < -0.3 is 14.8 Å². The first kappa shape index (κ1) is 11.6. The topological polar surface area (TPSA) is 79.5 Å². The third-order valence-corrected chi connectivity index (χ3v) is 4.40. The molecule has 0 amide bonds. The molecule has 0 aromatic carbocycles. The maximum Gasteiger partial charge on any atom is 0.154 e. The predicted octanol–water partition coefficient (Wildman–Crippen LogP) is -0.430. The minimum atomic E-state index is -3.06. The van der Waals surface area contributed by atoms with Crippen LogP contribution in [0.5, 0.6) is 0 Å². The average molecular weight is 245 g/mol. The quantitative estimate of drug-likeness (QED) is 0.752. The summed E-state index contributed by atoms with van der Waals surface area (Å²) in [6, 6.07) is 3.33. The molecule has 1 aromatic heterocycles. The molecule has 6 heteroatoms. The molecule has 0 saturated carbocycles. The lowest BCUT2D eigenvalue weighted by atomic mass is 10.2. The van der Waals surface area contributed by atoms with Crippen molar-refractivity contribution in [3.8, 4) is 0 Å². The summed E-state index contributed by atoms with van der Waals surface area (Å²) in [5.41, 5.74) is 0. The Labute approximate surface area is 94.4 Å². The average Bonchev–Trinajstić information content (AvgIpc) is 2.75. The van der Waals surface area contributed by atoms with Gasteiger partial charge >= 0.3 is 0 Å². The second-order valence-corrected chi connectivity index (χ2v) is 6.19. The Hall–Kier alpha value is -0.850. The normalized spacial score (nSPS) is 28.3. The van der Waals surface area contributed by atoms with Gasteiger partial charge in [-0.25, -0.2) is 8.42 Å². The number of hydrogen-bond acceptors (Lipinski definition) is 5. The Morgan fingerprint density at radius 1 is 1.50 bits per heavy atom. The number of furan rings is 1. The lowest BCUT2D eigenvalue weighted by molar-refractivity contribution is 0.166. The van der Waals surface area contributed by atoms with Crippen molar-refractivity contribution in [2.45, 2.75) is 18.6 Å². The van der Waals surface area contributed by atoms with Gasteiger partial charge in [-0.1, -0.05) is 0 Å². The molecule has 1 saturated heterocycles. The molecule has 0 bridgehead atoms. The standard InChI is InChI=1S/C10H15NO4S/c12-10-7-16(13,14)6-9(10)11-4-3-8-2-1-5-15-8/h1-2,5,9-12H,3-4,6-7H2/t9-,10+/m0/s1. The van der Waals surface area contributed by atoms with Crippen molar-refractivity contribution in [3.63, 3.8) is 0 Å². The van der Waals surface area contributed by atoms with E-state index in [1.54, 1.807) is 6.26 Å². The molecule has 90 valence electrons. The number of aliphatic hydroxyl groups excluding tert-OH is 1. The van der Waals surface area contributed by atoms with Crippen LogP contribution in [0.2, 0.25) is 0 Å². The van der Waals surface area contributed by atoms with E-state index in [2.05, 4.69) is 5.32 Å². The summed E-state index contributed by atoms with van der Waals surface area (Å²) in [4.78, 5) is 0. The lowest BCUT2D eigenvalue weighted by Crippen LogP contribution is -2.39. The zero-order valence-corrected chi connectivity index (χ0v) is 9.61. The van der Waals surface area contributed by atoms with Crippen LogP contribution in [-0.4, -0.2) is 43.7 Å². The number of rotatable bonds is 4. The summed E-state index contributed by atoms with van der Waals surface area (Å²) in [6.45, 7) is 0.602. The molecule has 1 aliphatic heterocycles. The number of aliphatic hydroxyl groups is 1. The first-order valence-corrected chi connectivity index (χ1v) is 7.03. The fraction of sp³-hybridized carbons (Fsp3) is 0.600. The predicted molar refractivity (Wildman–Crippen MR) is 58.9 cm³/mol. The second kappa shape index (κ2) is 4.57. The van der Waals surface area contributed by atoms with Crippen molar-refractivity contribution in [3.05, 3.63) is 24.2 Å². The van der Waals surface area contributed by atoms with Crippen molar-refractivity contribution >= 4 is 9.84 Å². The maximum absolute atomic E-state index is 11.2. The summed E-state index contributed by atoms with van der Waals surface area (Å²) in [5.74, 6) is 0.737. The molecule has 2 heterocycles. The first-order chi connectivity index (χ1) is 7.57. The van der Waals surface area contributed by atoms with Crippen molar-refractivity contribution in [1.82, 2.24) is 5.32 Å². The van der Waals surface area contributed by atoms with Crippen molar-refractivity contribution in [2.75, 3.05) is 18.1 Å². The molecule has 1 fully saturated rings. The van der Waals surface area contributed by atoms with E-state index in [-0.39, 0.29) is 17.5 Å². The van der Waals surface area contributed by atoms with E-state index in [0.717, 1.165) is 5.76 Å². The van der Waals surface area contributed by atoms with Gasteiger partial charge in [-0.05, 0) is 12.1 Å². The fourth-order valence-electron chi connectivity index (χ4n) is 1.86. The van der Waals surface area contributed by atoms with Crippen LogP contribution >= 0.6 is 0 Å². The maximum atomic E-state index is 11.2. The van der Waals surface area contributed by atoms with Gasteiger partial charge in [0, 0.05) is 19.0 Å². The molecule has 1 aromatic rings. The molecule has 2 N–H and O–H groups in total. The Bertz CT molecular complexity index is 426. The minimum Gasteiger partial charge on any atom is -0.469 e. The van der Waals surface area contributed by atoms with Crippen molar-refractivity contribution in [1.29, 1.82) is 0 Å². The molecule has 0 radical (unpaired) electrons. The van der Waals surface area contributed by atoms with Gasteiger partial charge in [-0.2, -0.15) is 0 Å². The summed E-state index contributed by atoms with van der Waals surface area (Å²) in [5, 5.41) is 12.6. The van der Waals surface area contributed by atoms with Gasteiger partial charge in [-0.3, -0.25) is 0 Å². The Balaban J connectivity index is 1.79. The summed E-state index contributed by atoms with van der Waals surface area (Å²) in [6.07, 6.45) is 1.50. The van der Waals surface area contributed by atoms with Gasteiger partial charge in [0.25, 0.3) is 0 Å². The monoisotopic (exact) mass is 245 g/mol. The molecule has 0 unspecified atom stereocenters. The Morgan fingerprint density at radius 2 is 2.31 bits per heavy atom. The van der Waals surface area contributed by atoms with Gasteiger partial charge in [0.05, 0.1) is 23.9 Å². The zero-order valence-electron chi connectivity index (χ0n) is 8.80. The number of nitrogens with one attached hydrogen (secondary N) is 1. The van der Waals surface area contributed by atoms with Gasteiger partial charge in [0.15, 0.2) is 9.84 Å². The van der Waals surface area contributed by atoms with E-state index in [9.17, 15) is 13.5 Å². The molecule has 0 spiro atoms. The highest BCUT2D eigenvalue weighted by molar-refractivity contribution is 7.91. The molecule has 2 rings (SSSR count). The SMILES string of the molecule is O=S1(=O)C[C@@H](O)[C@@H](NCCc2ccco2)C1. The third kappa shape index (κ3) is 2.84. The van der Waals surface area contributed by atoms with Crippen LogP contribution in [0.4, 0.5) is 0 Å². The minimum absolute atomic E-state index is 0.0202. The van der Waals surface area contributed by atoms with Gasteiger partial charge in [0.2, 0.25) is 0 Å². The molecule has 16 heavy (non-hydrogen) atoms. The Morgan fingerprint density at radius 3 is 2.88 bits per heavy atom. The second-order valence-electron chi connectivity index (χ2n) is 4.03.